The number of hydrogen-bond acceptors (Lipinski definition) is 4. The minimum absolute atomic E-state index is 0.00602. The van der Waals surface area contributed by atoms with Crippen molar-refractivity contribution >= 4 is 29.1 Å². The van der Waals surface area contributed by atoms with Gasteiger partial charge in [0.25, 0.3) is 0 Å². The van der Waals surface area contributed by atoms with E-state index in [9.17, 15) is 4.79 Å². The number of nitrogens with two attached hydrogens (primary N) is 1. The molecule has 1 aliphatic rings. The number of carbonyl (C=O) groups excluding carboxylic acids is 1. The van der Waals surface area contributed by atoms with Gasteiger partial charge in [0, 0.05) is 48.8 Å². The number of piperazine rings is 1. The zero-order valence-electron chi connectivity index (χ0n) is 17.6. The Labute approximate surface area is 189 Å². The third kappa shape index (κ3) is 5.96. The smallest absolute Gasteiger partial charge is 0.239 e. The summed E-state index contributed by atoms with van der Waals surface area (Å²) >= 11 is 12.4. The number of hydrogen-bond donors (Lipinski definition) is 1. The lowest BCUT2D eigenvalue weighted by Gasteiger charge is -2.41. The van der Waals surface area contributed by atoms with Crippen LogP contribution in [-0.4, -0.2) is 73.5 Å². The van der Waals surface area contributed by atoms with E-state index in [0.717, 1.165) is 35.8 Å². The molecule has 0 radical (unpaired) electrons. The summed E-state index contributed by atoms with van der Waals surface area (Å²) in [5.41, 5.74) is 8.38. The van der Waals surface area contributed by atoms with E-state index in [4.69, 9.17) is 28.9 Å². The normalized spacial score (nSPS) is 17.2. The molecule has 30 heavy (non-hydrogen) atoms. The van der Waals surface area contributed by atoms with Gasteiger partial charge in [0.15, 0.2) is 0 Å². The highest BCUT2D eigenvalue weighted by Crippen LogP contribution is 2.29. The number of likely N-dealkylation sites (N-methyl/N-ethyl adjacent to an activating group) is 1. The second kappa shape index (κ2) is 10.6. The fourth-order valence-corrected chi connectivity index (χ4v) is 4.34. The van der Waals surface area contributed by atoms with Gasteiger partial charge in [-0.15, -0.1) is 0 Å². The van der Waals surface area contributed by atoms with Crippen molar-refractivity contribution in [3.05, 3.63) is 69.7 Å². The van der Waals surface area contributed by atoms with Crippen LogP contribution in [0.1, 0.15) is 17.2 Å². The van der Waals surface area contributed by atoms with Crippen molar-refractivity contribution in [3.63, 3.8) is 0 Å². The van der Waals surface area contributed by atoms with Crippen LogP contribution in [0.5, 0.6) is 0 Å². The van der Waals surface area contributed by atoms with E-state index in [1.165, 1.54) is 0 Å². The van der Waals surface area contributed by atoms with Crippen LogP contribution >= 0.6 is 23.2 Å². The third-order valence-electron chi connectivity index (χ3n) is 5.56. The first-order chi connectivity index (χ1) is 14.3. The Bertz CT molecular complexity index is 835. The Hall–Kier alpha value is -1.63. The molecule has 5 nitrogen and oxygen atoms in total. The van der Waals surface area contributed by atoms with Crippen LogP contribution in [0, 0.1) is 0 Å². The Balaban J connectivity index is 1.61. The van der Waals surface area contributed by atoms with E-state index in [-0.39, 0.29) is 11.9 Å². The van der Waals surface area contributed by atoms with Gasteiger partial charge in [-0.1, -0.05) is 53.5 Å². The highest BCUT2D eigenvalue weighted by atomic mass is 35.5. The Morgan fingerprint density at radius 3 is 2.27 bits per heavy atom. The summed E-state index contributed by atoms with van der Waals surface area (Å²) in [7, 11) is 4.14. The summed E-state index contributed by atoms with van der Waals surface area (Å²) in [5.74, 6) is 0.00602. The van der Waals surface area contributed by atoms with Gasteiger partial charge >= 0.3 is 0 Å². The molecule has 0 bridgehead atoms. The van der Waals surface area contributed by atoms with Crippen molar-refractivity contribution in [2.45, 2.75) is 18.5 Å². The molecule has 0 spiro atoms. The molecule has 7 heteroatoms. The lowest BCUT2D eigenvalue weighted by atomic mass is 10.0. The van der Waals surface area contributed by atoms with Gasteiger partial charge in [0.05, 0.1) is 6.04 Å². The Kier molecular flexibility index (Phi) is 8.14. The maximum atomic E-state index is 12.9. The molecule has 2 aromatic carbocycles. The van der Waals surface area contributed by atoms with Gasteiger partial charge in [-0.05, 0) is 49.8 Å². The summed E-state index contributed by atoms with van der Waals surface area (Å²) in [6, 6.07) is 15.2. The van der Waals surface area contributed by atoms with Crippen LogP contribution in [0.2, 0.25) is 10.0 Å². The van der Waals surface area contributed by atoms with E-state index >= 15 is 0 Å². The fraction of sp³-hybridized carbons (Fsp3) is 0.435. The fourth-order valence-electron chi connectivity index (χ4n) is 3.95. The molecule has 1 saturated heterocycles. The largest absolute Gasteiger partial charge is 0.339 e. The maximum absolute atomic E-state index is 12.9. The molecule has 1 amide bonds. The molecule has 2 N–H and O–H groups in total. The average molecular weight is 449 g/mol. The van der Waals surface area contributed by atoms with Crippen LogP contribution < -0.4 is 5.73 Å². The summed E-state index contributed by atoms with van der Waals surface area (Å²) < 4.78 is 0. The van der Waals surface area contributed by atoms with Crippen molar-refractivity contribution in [2.24, 2.45) is 5.73 Å². The maximum Gasteiger partial charge on any atom is 0.239 e. The van der Waals surface area contributed by atoms with Crippen molar-refractivity contribution in [3.8, 4) is 0 Å². The predicted molar refractivity (Wildman–Crippen MR) is 124 cm³/mol. The SMILES string of the molecule is CN(C)CC(c1ccccc1Cl)N1CCN(C(=O)C(N)Cc2ccc(Cl)cc2)CC1. The highest BCUT2D eigenvalue weighted by Gasteiger charge is 2.30. The number of benzene rings is 2. The van der Waals surface area contributed by atoms with Crippen LogP contribution in [0.4, 0.5) is 0 Å². The molecule has 1 fully saturated rings. The van der Waals surface area contributed by atoms with E-state index in [1.807, 2.05) is 47.4 Å². The van der Waals surface area contributed by atoms with Crippen molar-refractivity contribution < 1.29 is 4.79 Å². The quantitative estimate of drug-likeness (QED) is 0.705. The summed E-state index contributed by atoms with van der Waals surface area (Å²) in [5, 5.41) is 1.47. The molecule has 0 aliphatic carbocycles. The number of rotatable bonds is 7. The van der Waals surface area contributed by atoms with Crippen LogP contribution in [-0.2, 0) is 11.2 Å². The molecule has 2 unspecified atom stereocenters. The molecular formula is C23H30Cl2N4O. The molecule has 2 atom stereocenters. The van der Waals surface area contributed by atoms with Gasteiger partial charge in [0.1, 0.15) is 0 Å². The van der Waals surface area contributed by atoms with E-state index < -0.39 is 6.04 Å². The molecule has 3 rings (SSSR count). The van der Waals surface area contributed by atoms with Crippen LogP contribution in [0.15, 0.2) is 48.5 Å². The van der Waals surface area contributed by atoms with Gasteiger partial charge in [-0.25, -0.2) is 0 Å². The zero-order valence-corrected chi connectivity index (χ0v) is 19.1. The minimum Gasteiger partial charge on any atom is -0.339 e. The molecule has 162 valence electrons. The minimum atomic E-state index is -0.543. The van der Waals surface area contributed by atoms with Gasteiger partial charge < -0.3 is 15.5 Å². The molecule has 0 aromatic heterocycles. The second-order valence-corrected chi connectivity index (χ2v) is 8.94. The first-order valence-electron chi connectivity index (χ1n) is 10.3. The number of nitrogens with zero attached hydrogens (tertiary/aromatic N) is 3. The van der Waals surface area contributed by atoms with E-state index in [2.05, 4.69) is 30.0 Å². The van der Waals surface area contributed by atoms with Crippen molar-refractivity contribution in [1.82, 2.24) is 14.7 Å². The summed E-state index contributed by atoms with van der Waals surface area (Å²) in [6.07, 6.45) is 0.513. The van der Waals surface area contributed by atoms with Gasteiger partial charge in [0.2, 0.25) is 5.91 Å². The second-order valence-electron chi connectivity index (χ2n) is 8.10. The number of carbonyl (C=O) groups is 1. The predicted octanol–water partition coefficient (Wildman–Crippen LogP) is 3.31. The highest BCUT2D eigenvalue weighted by molar-refractivity contribution is 6.31. The number of halogens is 2. The summed E-state index contributed by atoms with van der Waals surface area (Å²) in [6.45, 7) is 3.79. The van der Waals surface area contributed by atoms with Gasteiger partial charge in [-0.3, -0.25) is 9.69 Å². The van der Waals surface area contributed by atoms with Crippen molar-refractivity contribution in [1.29, 1.82) is 0 Å². The van der Waals surface area contributed by atoms with Crippen LogP contribution in [0.25, 0.3) is 0 Å². The standard InChI is InChI=1S/C23H30Cl2N4O/c1-27(2)16-22(19-5-3-4-6-20(19)25)28-11-13-29(14-12-28)23(30)21(26)15-17-7-9-18(24)10-8-17/h3-10,21-22H,11-16,26H2,1-2H3. The lowest BCUT2D eigenvalue weighted by Crippen LogP contribution is -2.54. The molecule has 0 saturated carbocycles. The third-order valence-corrected chi connectivity index (χ3v) is 6.15. The van der Waals surface area contributed by atoms with Crippen LogP contribution in [0.3, 0.4) is 0 Å². The first kappa shape index (κ1) is 23.0. The average Bonchev–Trinajstić information content (AvgIpc) is 2.74. The van der Waals surface area contributed by atoms with Gasteiger partial charge in [-0.2, -0.15) is 0 Å². The molecule has 2 aromatic rings. The Morgan fingerprint density at radius 1 is 1.03 bits per heavy atom. The summed E-state index contributed by atoms with van der Waals surface area (Å²) in [4.78, 5) is 19.3. The van der Waals surface area contributed by atoms with E-state index in [0.29, 0.717) is 24.5 Å². The monoisotopic (exact) mass is 448 g/mol. The first-order valence-corrected chi connectivity index (χ1v) is 11.0. The topological polar surface area (TPSA) is 52.8 Å². The Morgan fingerprint density at radius 2 is 1.67 bits per heavy atom. The molecular weight excluding hydrogens is 419 g/mol. The van der Waals surface area contributed by atoms with E-state index in [1.54, 1.807) is 0 Å². The van der Waals surface area contributed by atoms with Crippen molar-refractivity contribution in [2.75, 3.05) is 46.8 Å². The zero-order chi connectivity index (χ0) is 21.7. The molecule has 1 aliphatic heterocycles. The lowest BCUT2D eigenvalue weighted by molar-refractivity contribution is -0.134. The molecule has 1 heterocycles. The number of amides is 1.